The Bertz CT molecular complexity index is 812. The molecule has 0 bridgehead atoms. The van der Waals surface area contributed by atoms with Crippen molar-refractivity contribution >= 4 is 17.4 Å². The highest BCUT2D eigenvalue weighted by Gasteiger charge is 2.32. The summed E-state index contributed by atoms with van der Waals surface area (Å²) in [6.07, 6.45) is 2.16. The number of carbonyl (C=O) groups excluding carboxylic acids is 1. The molecule has 1 aromatic carbocycles. The van der Waals surface area contributed by atoms with Gasteiger partial charge < -0.3 is 16.2 Å². The lowest BCUT2D eigenvalue weighted by molar-refractivity contribution is 0.0858. The smallest absolute Gasteiger partial charge is 0.256 e. The molecule has 24 heavy (non-hydrogen) atoms. The molecular weight excluding hydrogens is 304 g/mol. The van der Waals surface area contributed by atoms with Gasteiger partial charge in [0.05, 0.1) is 17.7 Å². The highest BCUT2D eigenvalue weighted by Crippen LogP contribution is 2.36. The van der Waals surface area contributed by atoms with Crippen molar-refractivity contribution in [3.63, 3.8) is 0 Å². The number of para-hydroxylation sites is 1. The van der Waals surface area contributed by atoms with Gasteiger partial charge in [-0.15, -0.1) is 0 Å². The van der Waals surface area contributed by atoms with E-state index in [1.54, 1.807) is 0 Å². The Morgan fingerprint density at radius 1 is 1.42 bits per heavy atom. The Kier molecular flexibility index (Phi) is 3.57. The van der Waals surface area contributed by atoms with Crippen LogP contribution >= 0.6 is 0 Å². The van der Waals surface area contributed by atoms with Crippen molar-refractivity contribution in [3.8, 4) is 0 Å². The Morgan fingerprint density at radius 2 is 2.25 bits per heavy atom. The summed E-state index contributed by atoms with van der Waals surface area (Å²) in [5, 5.41) is 17.6. The van der Waals surface area contributed by atoms with Crippen LogP contribution in [0.25, 0.3) is 0 Å². The van der Waals surface area contributed by atoms with Crippen molar-refractivity contribution in [2.45, 2.75) is 44.6 Å². The van der Waals surface area contributed by atoms with Crippen molar-refractivity contribution < 1.29 is 9.90 Å². The maximum Gasteiger partial charge on any atom is 0.256 e. The Morgan fingerprint density at radius 3 is 3.08 bits per heavy atom. The number of rotatable bonds is 1. The minimum atomic E-state index is -0.391. The second-order valence-corrected chi connectivity index (χ2v) is 6.76. The molecule has 0 spiro atoms. The summed E-state index contributed by atoms with van der Waals surface area (Å²) in [5.74, 6) is 0.120. The van der Waals surface area contributed by atoms with E-state index >= 15 is 0 Å². The lowest BCUT2D eigenvalue weighted by Crippen LogP contribution is -2.28. The number of fused-ring (bicyclic) bond motifs is 2. The van der Waals surface area contributed by atoms with E-state index in [0.717, 1.165) is 41.0 Å². The largest absolute Gasteiger partial charge is 0.393 e. The van der Waals surface area contributed by atoms with Gasteiger partial charge in [-0.1, -0.05) is 18.2 Å². The Labute approximate surface area is 140 Å². The first-order valence-electron chi connectivity index (χ1n) is 8.48. The summed E-state index contributed by atoms with van der Waals surface area (Å²) in [7, 11) is 0. The quantitative estimate of drug-likeness (QED) is 0.744. The first kappa shape index (κ1) is 15.2. The molecule has 2 atom stereocenters. The molecule has 0 saturated heterocycles. The van der Waals surface area contributed by atoms with E-state index < -0.39 is 6.10 Å². The molecule has 0 radical (unpaired) electrons. The highest BCUT2D eigenvalue weighted by atomic mass is 16.3. The zero-order valence-corrected chi connectivity index (χ0v) is 13.7. The van der Waals surface area contributed by atoms with Gasteiger partial charge in [0.15, 0.2) is 0 Å². The van der Waals surface area contributed by atoms with E-state index in [2.05, 4.69) is 10.4 Å². The summed E-state index contributed by atoms with van der Waals surface area (Å²) in [4.78, 5) is 13.1. The fourth-order valence-corrected chi connectivity index (χ4v) is 3.87. The number of aryl methyl sites for hydroxylation is 1. The summed E-state index contributed by atoms with van der Waals surface area (Å²) in [6, 6.07) is 6.02. The number of anilines is 2. The molecule has 0 amide bonds. The zero-order chi connectivity index (χ0) is 16.8. The van der Waals surface area contributed by atoms with Gasteiger partial charge >= 0.3 is 0 Å². The van der Waals surface area contributed by atoms with Crippen LogP contribution in [-0.2, 0) is 12.8 Å². The van der Waals surface area contributed by atoms with E-state index in [0.29, 0.717) is 25.1 Å². The van der Waals surface area contributed by atoms with Gasteiger partial charge in [0.2, 0.25) is 0 Å². The zero-order valence-electron chi connectivity index (χ0n) is 13.7. The van der Waals surface area contributed by atoms with Gasteiger partial charge in [-0.2, -0.15) is 9.78 Å². The number of aliphatic hydroxyl groups is 1. The van der Waals surface area contributed by atoms with Crippen LogP contribution in [0, 0.1) is 6.92 Å². The lowest BCUT2D eigenvalue weighted by atomic mass is 9.88. The molecule has 4 rings (SSSR count). The topological polar surface area (TPSA) is 93.2 Å². The second-order valence-electron chi connectivity index (χ2n) is 6.76. The van der Waals surface area contributed by atoms with Gasteiger partial charge in [-0.25, -0.2) is 0 Å². The van der Waals surface area contributed by atoms with Crippen LogP contribution < -0.4 is 11.1 Å². The minimum absolute atomic E-state index is 0.0789. The monoisotopic (exact) mass is 326 g/mol. The number of nitrogens with zero attached hydrogens (tertiary/aromatic N) is 2. The molecule has 126 valence electrons. The van der Waals surface area contributed by atoms with Crippen LogP contribution in [0.5, 0.6) is 0 Å². The molecule has 1 aliphatic carbocycles. The van der Waals surface area contributed by atoms with Gasteiger partial charge in [0.1, 0.15) is 5.82 Å². The average molecular weight is 326 g/mol. The maximum absolute atomic E-state index is 13.1. The van der Waals surface area contributed by atoms with E-state index in [9.17, 15) is 9.90 Å². The van der Waals surface area contributed by atoms with Gasteiger partial charge in [-0.3, -0.25) is 4.79 Å². The van der Waals surface area contributed by atoms with E-state index in [1.165, 1.54) is 4.68 Å². The summed E-state index contributed by atoms with van der Waals surface area (Å²) in [5.41, 5.74) is 11.1. The second kappa shape index (κ2) is 5.63. The molecule has 2 heterocycles. The molecular formula is C18H22N4O2. The van der Waals surface area contributed by atoms with Crippen LogP contribution in [0.3, 0.4) is 0 Å². The molecule has 2 unspecified atom stereocenters. The van der Waals surface area contributed by atoms with Gasteiger partial charge in [-0.05, 0) is 37.3 Å². The summed E-state index contributed by atoms with van der Waals surface area (Å²) in [6.45, 7) is 2.80. The number of aromatic nitrogens is 2. The number of nitrogens with two attached hydrogens (primary N) is 1. The minimum Gasteiger partial charge on any atom is -0.393 e. The Hall–Kier alpha value is -2.34. The number of nitrogens with one attached hydrogen (secondary N) is 1. The van der Waals surface area contributed by atoms with Crippen molar-refractivity contribution in [2.24, 2.45) is 0 Å². The van der Waals surface area contributed by atoms with Crippen LogP contribution in [0.4, 0.5) is 11.5 Å². The maximum atomic E-state index is 13.1. The number of hydrogen-bond donors (Lipinski definition) is 3. The van der Waals surface area contributed by atoms with E-state index in [4.69, 9.17) is 5.73 Å². The van der Waals surface area contributed by atoms with E-state index in [-0.39, 0.29) is 11.8 Å². The van der Waals surface area contributed by atoms with Gasteiger partial charge in [0.25, 0.3) is 5.91 Å². The predicted molar refractivity (Wildman–Crippen MR) is 92.3 cm³/mol. The first-order chi connectivity index (χ1) is 11.6. The molecule has 6 nitrogen and oxygen atoms in total. The fourth-order valence-electron chi connectivity index (χ4n) is 3.87. The van der Waals surface area contributed by atoms with Crippen LogP contribution in [0.2, 0.25) is 0 Å². The third-order valence-corrected chi connectivity index (χ3v) is 5.19. The van der Waals surface area contributed by atoms with Crippen molar-refractivity contribution in [1.29, 1.82) is 0 Å². The number of carbonyl (C=O) groups is 1. The lowest BCUT2D eigenvalue weighted by Gasteiger charge is -2.27. The van der Waals surface area contributed by atoms with Crippen LogP contribution in [0.1, 0.15) is 45.9 Å². The molecule has 6 heteroatoms. The fraction of sp³-hybridized carbons (Fsp3) is 0.444. The third kappa shape index (κ3) is 2.29. The molecule has 2 aromatic rings. The van der Waals surface area contributed by atoms with Gasteiger partial charge in [0, 0.05) is 24.2 Å². The molecule has 4 N–H and O–H groups in total. The number of nitrogen functional groups attached to an aromatic ring is 1. The van der Waals surface area contributed by atoms with Crippen molar-refractivity contribution in [1.82, 2.24) is 9.78 Å². The number of aliphatic hydroxyl groups excluding tert-OH is 1. The van der Waals surface area contributed by atoms with Crippen molar-refractivity contribution in [2.75, 3.05) is 17.6 Å². The van der Waals surface area contributed by atoms with Crippen molar-refractivity contribution in [3.05, 3.63) is 40.6 Å². The Balaban J connectivity index is 1.73. The van der Waals surface area contributed by atoms with Crippen LogP contribution in [0.15, 0.2) is 18.2 Å². The first-order valence-corrected chi connectivity index (χ1v) is 8.48. The summed E-state index contributed by atoms with van der Waals surface area (Å²) < 4.78 is 1.37. The number of benzene rings is 1. The van der Waals surface area contributed by atoms with E-state index in [1.807, 2.05) is 25.1 Å². The summed E-state index contributed by atoms with van der Waals surface area (Å²) >= 11 is 0. The average Bonchev–Trinajstić information content (AvgIpc) is 2.90. The predicted octanol–water partition coefficient (Wildman–Crippen LogP) is 1.86. The molecule has 1 aliphatic heterocycles. The highest BCUT2D eigenvalue weighted by molar-refractivity contribution is 5.90. The SMILES string of the molecule is Cc1cccc2c1NCCC2C(=O)n1nc2c(c1N)CCC(O)C2. The molecule has 0 saturated carbocycles. The normalized spacial score (nSPS) is 22.4. The standard InChI is InChI=1S/C18H22N4O2/c1-10-3-2-4-12-13(7-8-20-16(10)12)18(24)22-17(19)14-6-5-11(23)9-15(14)21-22/h2-4,11,13,20,23H,5-9,19H2,1H3. The number of hydrogen-bond acceptors (Lipinski definition) is 5. The third-order valence-electron chi connectivity index (χ3n) is 5.19. The molecule has 1 aromatic heterocycles. The molecule has 2 aliphatic rings. The molecule has 0 fully saturated rings. The van der Waals surface area contributed by atoms with Crippen LogP contribution in [-0.4, -0.2) is 33.4 Å².